The molecule has 0 unspecified atom stereocenters. The summed E-state index contributed by atoms with van der Waals surface area (Å²) < 4.78 is 24.9. The molecule has 0 saturated carbocycles. The fourth-order valence-corrected chi connectivity index (χ4v) is 4.46. The van der Waals surface area contributed by atoms with E-state index < -0.39 is 7.60 Å². The van der Waals surface area contributed by atoms with E-state index in [1.807, 2.05) is 54.6 Å². The Hall–Kier alpha value is -2.77. The molecule has 0 amide bonds. The van der Waals surface area contributed by atoms with Crippen LogP contribution in [0, 0.1) is 0 Å². The first-order valence-electron chi connectivity index (χ1n) is 9.53. The number of unbranched alkanes of at least 4 members (excludes halogenated alkanes) is 2. The Morgan fingerprint density at radius 2 is 1.18 bits per heavy atom. The van der Waals surface area contributed by atoms with Gasteiger partial charge in [-0.15, -0.1) is 0 Å². The van der Waals surface area contributed by atoms with Crippen LogP contribution in [0.25, 0.3) is 6.08 Å². The summed E-state index contributed by atoms with van der Waals surface area (Å²) in [6.07, 6.45) is 7.23. The first kappa shape index (κ1) is 20.0. The maximum Gasteiger partial charge on any atom is 0.430 e. The van der Waals surface area contributed by atoms with Gasteiger partial charge in [0.2, 0.25) is 0 Å². The van der Waals surface area contributed by atoms with Gasteiger partial charge in [-0.3, -0.25) is 0 Å². The monoisotopic (exact) mass is 392 g/mol. The van der Waals surface area contributed by atoms with Crippen LogP contribution in [0.5, 0.6) is 11.5 Å². The maximum atomic E-state index is 13.3. The van der Waals surface area contributed by atoms with Crippen molar-refractivity contribution in [3.63, 3.8) is 0 Å². The van der Waals surface area contributed by atoms with Gasteiger partial charge in [-0.1, -0.05) is 78.9 Å². The molecule has 0 bridgehead atoms. The predicted octanol–water partition coefficient (Wildman–Crippen LogP) is 7.22. The highest BCUT2D eigenvalue weighted by molar-refractivity contribution is 7.54. The summed E-state index contributed by atoms with van der Waals surface area (Å²) in [7, 11) is -3.29. The maximum absolute atomic E-state index is 13.3. The minimum atomic E-state index is -3.29. The highest BCUT2D eigenvalue weighted by Crippen LogP contribution is 2.49. The highest BCUT2D eigenvalue weighted by atomic mass is 31.2. The SMILES string of the molecule is O=P(CCCCC=Cc1ccccc1)(Oc1ccccc1)Oc1ccccc1. The zero-order chi connectivity index (χ0) is 19.5. The summed E-state index contributed by atoms with van der Waals surface area (Å²) in [4.78, 5) is 0. The van der Waals surface area contributed by atoms with Gasteiger partial charge >= 0.3 is 7.60 Å². The van der Waals surface area contributed by atoms with Crippen molar-refractivity contribution in [2.45, 2.75) is 19.3 Å². The molecular weight excluding hydrogens is 367 g/mol. The van der Waals surface area contributed by atoms with Crippen LogP contribution >= 0.6 is 7.60 Å². The van der Waals surface area contributed by atoms with Crippen LogP contribution in [0.4, 0.5) is 0 Å². The van der Waals surface area contributed by atoms with E-state index in [4.69, 9.17) is 9.05 Å². The lowest BCUT2D eigenvalue weighted by atomic mass is 10.2. The molecule has 0 aromatic heterocycles. The average molecular weight is 392 g/mol. The minimum absolute atomic E-state index is 0.371. The Labute approximate surface area is 167 Å². The molecule has 3 aromatic carbocycles. The Morgan fingerprint density at radius 3 is 1.71 bits per heavy atom. The highest BCUT2D eigenvalue weighted by Gasteiger charge is 2.27. The summed E-state index contributed by atoms with van der Waals surface area (Å²) in [6.45, 7) is 0. The summed E-state index contributed by atoms with van der Waals surface area (Å²) in [5.74, 6) is 1.12. The van der Waals surface area contributed by atoms with Crippen LogP contribution in [0.2, 0.25) is 0 Å². The van der Waals surface area contributed by atoms with E-state index in [2.05, 4.69) is 24.3 Å². The van der Waals surface area contributed by atoms with Crippen LogP contribution in [-0.4, -0.2) is 6.16 Å². The molecule has 4 heteroatoms. The average Bonchev–Trinajstić information content (AvgIpc) is 2.73. The number of rotatable bonds is 10. The van der Waals surface area contributed by atoms with Gasteiger partial charge in [0.15, 0.2) is 0 Å². The molecule has 0 atom stereocenters. The molecule has 0 heterocycles. The summed E-state index contributed by atoms with van der Waals surface area (Å²) in [6, 6.07) is 28.6. The molecule has 28 heavy (non-hydrogen) atoms. The van der Waals surface area contributed by atoms with Crippen LogP contribution in [0.1, 0.15) is 24.8 Å². The Kier molecular flexibility index (Phi) is 7.52. The van der Waals surface area contributed by atoms with Gasteiger partial charge in [-0.2, -0.15) is 0 Å². The molecule has 144 valence electrons. The van der Waals surface area contributed by atoms with Crippen LogP contribution in [0.3, 0.4) is 0 Å². The second kappa shape index (κ2) is 10.5. The molecule has 0 spiro atoms. The third-order valence-electron chi connectivity index (χ3n) is 4.14. The molecular formula is C24H25O3P. The number of benzene rings is 3. The summed E-state index contributed by atoms with van der Waals surface area (Å²) in [5.41, 5.74) is 1.19. The van der Waals surface area contributed by atoms with E-state index in [0.29, 0.717) is 17.7 Å². The summed E-state index contributed by atoms with van der Waals surface area (Å²) in [5, 5.41) is 0. The number of hydrogen-bond donors (Lipinski definition) is 0. The fourth-order valence-electron chi connectivity index (χ4n) is 2.75. The molecule has 0 fully saturated rings. The molecule has 3 rings (SSSR count). The van der Waals surface area contributed by atoms with Crippen LogP contribution < -0.4 is 9.05 Å². The number of hydrogen-bond acceptors (Lipinski definition) is 3. The molecule has 0 aliphatic heterocycles. The van der Waals surface area contributed by atoms with E-state index in [1.54, 1.807) is 24.3 Å². The molecule has 0 aliphatic carbocycles. The normalized spacial score (nSPS) is 11.4. The summed E-state index contributed by atoms with van der Waals surface area (Å²) >= 11 is 0. The molecule has 3 nitrogen and oxygen atoms in total. The standard InChI is InChI=1S/C24H25O3P/c25-28(26-23-17-9-4-10-18-23,27-24-19-11-5-12-20-24)21-13-2-1-6-14-22-15-7-3-8-16-22/h3-12,14-20H,1-2,13,21H2. The predicted molar refractivity (Wildman–Crippen MR) is 116 cm³/mol. The van der Waals surface area contributed by atoms with Crippen molar-refractivity contribution in [1.82, 2.24) is 0 Å². The molecule has 0 radical (unpaired) electrons. The van der Waals surface area contributed by atoms with Crippen molar-refractivity contribution in [1.29, 1.82) is 0 Å². The lowest BCUT2D eigenvalue weighted by Crippen LogP contribution is -2.05. The van der Waals surface area contributed by atoms with E-state index in [-0.39, 0.29) is 0 Å². The minimum Gasteiger partial charge on any atom is -0.416 e. The van der Waals surface area contributed by atoms with Gasteiger partial charge in [-0.05, 0) is 49.1 Å². The lowest BCUT2D eigenvalue weighted by Gasteiger charge is -2.20. The van der Waals surface area contributed by atoms with E-state index in [0.717, 1.165) is 19.3 Å². The van der Waals surface area contributed by atoms with Crippen molar-refractivity contribution in [2.24, 2.45) is 0 Å². The third kappa shape index (κ3) is 6.75. The van der Waals surface area contributed by atoms with E-state index in [9.17, 15) is 4.57 Å². The fraction of sp³-hybridized carbons (Fsp3) is 0.167. The van der Waals surface area contributed by atoms with Crippen molar-refractivity contribution in [2.75, 3.05) is 6.16 Å². The topological polar surface area (TPSA) is 35.5 Å². The molecule has 0 aliphatic rings. The Morgan fingerprint density at radius 1 is 0.679 bits per heavy atom. The largest absolute Gasteiger partial charge is 0.430 e. The Balaban J connectivity index is 1.56. The van der Waals surface area contributed by atoms with E-state index in [1.165, 1.54) is 5.56 Å². The number of para-hydroxylation sites is 2. The first-order chi connectivity index (χ1) is 13.7. The van der Waals surface area contributed by atoms with Gasteiger partial charge in [0.25, 0.3) is 0 Å². The first-order valence-corrected chi connectivity index (χ1v) is 11.3. The van der Waals surface area contributed by atoms with Crippen LogP contribution in [-0.2, 0) is 4.57 Å². The van der Waals surface area contributed by atoms with Gasteiger partial charge in [0.05, 0.1) is 6.16 Å². The van der Waals surface area contributed by atoms with Gasteiger partial charge in [-0.25, -0.2) is 4.57 Å². The lowest BCUT2D eigenvalue weighted by molar-refractivity contribution is 0.384. The van der Waals surface area contributed by atoms with Gasteiger partial charge in [0, 0.05) is 0 Å². The third-order valence-corrected chi connectivity index (χ3v) is 5.98. The van der Waals surface area contributed by atoms with Crippen molar-refractivity contribution < 1.29 is 13.6 Å². The quantitative estimate of drug-likeness (QED) is 0.270. The second-order valence-corrected chi connectivity index (χ2v) is 8.49. The van der Waals surface area contributed by atoms with Gasteiger partial charge < -0.3 is 9.05 Å². The van der Waals surface area contributed by atoms with Gasteiger partial charge in [0.1, 0.15) is 11.5 Å². The smallest absolute Gasteiger partial charge is 0.416 e. The van der Waals surface area contributed by atoms with Crippen molar-refractivity contribution >= 4 is 13.7 Å². The molecule has 0 N–H and O–H groups in total. The zero-order valence-electron chi connectivity index (χ0n) is 15.8. The van der Waals surface area contributed by atoms with Crippen molar-refractivity contribution in [3.8, 4) is 11.5 Å². The Bertz CT molecular complexity index is 847. The zero-order valence-corrected chi connectivity index (χ0v) is 16.7. The van der Waals surface area contributed by atoms with E-state index >= 15 is 0 Å². The molecule has 0 saturated heterocycles. The van der Waals surface area contributed by atoms with Crippen molar-refractivity contribution in [3.05, 3.63) is 103 Å². The number of allylic oxidation sites excluding steroid dienone is 1. The molecule has 3 aromatic rings. The van der Waals surface area contributed by atoms with Crippen LogP contribution in [0.15, 0.2) is 97.1 Å². The second-order valence-electron chi connectivity index (χ2n) is 6.45.